The lowest BCUT2D eigenvalue weighted by Crippen LogP contribution is -1.99. The number of hydrogen-bond donors (Lipinski definition) is 1. The second kappa shape index (κ2) is 9.09. The normalized spacial score (nSPS) is 10.8. The molecule has 0 aliphatic carbocycles. The zero-order chi connectivity index (χ0) is 19.9. The number of nitro groups is 1. The van der Waals surface area contributed by atoms with Gasteiger partial charge in [0, 0.05) is 22.2 Å². The number of hydrogen-bond acceptors (Lipinski definition) is 5. The van der Waals surface area contributed by atoms with E-state index in [1.165, 1.54) is 24.3 Å². The first-order valence-electron chi connectivity index (χ1n) is 8.21. The highest BCUT2D eigenvalue weighted by Gasteiger charge is 2.05. The van der Waals surface area contributed by atoms with Crippen LogP contribution >= 0.6 is 15.9 Å². The molecule has 1 N–H and O–H groups in total. The zero-order valence-corrected chi connectivity index (χ0v) is 16.1. The van der Waals surface area contributed by atoms with E-state index < -0.39 is 4.92 Å². The lowest BCUT2D eigenvalue weighted by molar-refractivity contribution is -0.384. The fraction of sp³-hybridized carbons (Fsp3) is 0.0500. The van der Waals surface area contributed by atoms with E-state index >= 15 is 0 Å². The third-order valence-electron chi connectivity index (χ3n) is 3.75. The largest absolute Gasteiger partial charge is 0.488 e. The van der Waals surface area contributed by atoms with Gasteiger partial charge >= 0.3 is 0 Å². The van der Waals surface area contributed by atoms with Gasteiger partial charge in [-0.2, -0.15) is 5.10 Å². The Kier molecular flexibility index (Phi) is 6.33. The highest BCUT2D eigenvalue weighted by atomic mass is 79.9. The van der Waals surface area contributed by atoms with Crippen molar-refractivity contribution >= 4 is 33.5 Å². The van der Waals surface area contributed by atoms with Gasteiger partial charge in [-0.25, -0.2) is 4.39 Å². The molecule has 0 radical (unpaired) electrons. The van der Waals surface area contributed by atoms with Crippen molar-refractivity contribution in [2.24, 2.45) is 5.10 Å². The maximum atomic E-state index is 13.0. The van der Waals surface area contributed by atoms with Crippen molar-refractivity contribution in [3.63, 3.8) is 0 Å². The van der Waals surface area contributed by atoms with Crippen LogP contribution in [-0.2, 0) is 6.61 Å². The molecule has 8 heteroatoms. The second-order valence-corrected chi connectivity index (χ2v) is 6.69. The molecular formula is C20H15BrFN3O3. The highest BCUT2D eigenvalue weighted by molar-refractivity contribution is 9.10. The SMILES string of the molecule is O=[N+]([O-])c1ccc(N/N=C/c2cc(Br)ccc2OCc2ccc(F)cc2)cc1. The van der Waals surface area contributed by atoms with Gasteiger partial charge in [-0.05, 0) is 48.0 Å². The topological polar surface area (TPSA) is 76.8 Å². The Morgan fingerprint density at radius 2 is 1.82 bits per heavy atom. The van der Waals surface area contributed by atoms with Crippen LogP contribution in [0.3, 0.4) is 0 Å². The van der Waals surface area contributed by atoms with Gasteiger partial charge in [-0.15, -0.1) is 0 Å². The first-order valence-corrected chi connectivity index (χ1v) is 9.01. The average molecular weight is 444 g/mol. The van der Waals surface area contributed by atoms with Crippen molar-refractivity contribution < 1.29 is 14.1 Å². The molecule has 28 heavy (non-hydrogen) atoms. The first kappa shape index (κ1) is 19.5. The predicted molar refractivity (Wildman–Crippen MR) is 109 cm³/mol. The van der Waals surface area contributed by atoms with Gasteiger partial charge in [-0.3, -0.25) is 15.5 Å². The molecule has 142 valence electrons. The number of anilines is 1. The Balaban J connectivity index is 1.68. The number of benzene rings is 3. The van der Waals surface area contributed by atoms with E-state index in [0.29, 0.717) is 18.0 Å². The van der Waals surface area contributed by atoms with Crippen LogP contribution in [0.5, 0.6) is 5.75 Å². The smallest absolute Gasteiger partial charge is 0.269 e. The van der Waals surface area contributed by atoms with Gasteiger partial charge in [0.1, 0.15) is 18.2 Å². The van der Waals surface area contributed by atoms with Crippen LogP contribution in [0.4, 0.5) is 15.8 Å². The summed E-state index contributed by atoms with van der Waals surface area (Å²) >= 11 is 3.42. The van der Waals surface area contributed by atoms with Crippen LogP contribution in [0.2, 0.25) is 0 Å². The number of ether oxygens (including phenoxy) is 1. The molecule has 0 aliphatic rings. The zero-order valence-electron chi connectivity index (χ0n) is 14.5. The van der Waals surface area contributed by atoms with Crippen molar-refractivity contribution in [1.29, 1.82) is 0 Å². The summed E-state index contributed by atoms with van der Waals surface area (Å²) in [6.45, 7) is 0.290. The minimum Gasteiger partial charge on any atom is -0.488 e. The summed E-state index contributed by atoms with van der Waals surface area (Å²) in [6, 6.07) is 17.5. The number of halogens is 2. The van der Waals surface area contributed by atoms with Crippen LogP contribution < -0.4 is 10.2 Å². The summed E-state index contributed by atoms with van der Waals surface area (Å²) in [7, 11) is 0. The van der Waals surface area contributed by atoms with Gasteiger partial charge in [0.25, 0.3) is 5.69 Å². The first-order chi connectivity index (χ1) is 13.5. The van der Waals surface area contributed by atoms with Crippen molar-refractivity contribution in [3.8, 4) is 5.75 Å². The van der Waals surface area contributed by atoms with Crippen LogP contribution in [-0.4, -0.2) is 11.1 Å². The van der Waals surface area contributed by atoms with E-state index in [9.17, 15) is 14.5 Å². The van der Waals surface area contributed by atoms with Crippen molar-refractivity contribution in [2.45, 2.75) is 6.61 Å². The standard InChI is InChI=1S/C20H15BrFN3O3/c21-16-3-10-20(28-13-14-1-4-17(22)5-2-14)15(11-16)12-23-24-18-6-8-19(9-7-18)25(26)27/h1-12,24H,13H2/b23-12+. The van der Waals surface area contributed by atoms with Gasteiger partial charge in [-0.1, -0.05) is 28.1 Å². The van der Waals surface area contributed by atoms with Gasteiger partial charge in [0.15, 0.2) is 0 Å². The molecule has 0 unspecified atom stereocenters. The average Bonchev–Trinajstić information content (AvgIpc) is 2.69. The van der Waals surface area contributed by atoms with Gasteiger partial charge in [0.2, 0.25) is 0 Å². The van der Waals surface area contributed by atoms with E-state index in [4.69, 9.17) is 4.74 Å². The second-order valence-electron chi connectivity index (χ2n) is 5.77. The predicted octanol–water partition coefficient (Wildman–Crippen LogP) is 5.52. The monoisotopic (exact) mass is 443 g/mol. The van der Waals surface area contributed by atoms with Crippen molar-refractivity contribution in [1.82, 2.24) is 0 Å². The van der Waals surface area contributed by atoms with E-state index in [1.54, 1.807) is 36.5 Å². The van der Waals surface area contributed by atoms with E-state index in [0.717, 1.165) is 15.6 Å². The Hall–Kier alpha value is -3.26. The van der Waals surface area contributed by atoms with E-state index in [2.05, 4.69) is 26.5 Å². The molecule has 0 aromatic heterocycles. The van der Waals surface area contributed by atoms with Crippen LogP contribution in [0, 0.1) is 15.9 Å². The molecule has 3 aromatic rings. The van der Waals surface area contributed by atoms with Crippen LogP contribution in [0.1, 0.15) is 11.1 Å². The number of nitrogens with one attached hydrogen (secondary N) is 1. The Morgan fingerprint density at radius 1 is 1.11 bits per heavy atom. The molecule has 0 heterocycles. The quantitative estimate of drug-likeness (QED) is 0.296. The molecule has 3 rings (SSSR count). The van der Waals surface area contributed by atoms with Crippen LogP contribution in [0.25, 0.3) is 0 Å². The summed E-state index contributed by atoms with van der Waals surface area (Å²) in [4.78, 5) is 10.2. The van der Waals surface area contributed by atoms with E-state index in [-0.39, 0.29) is 11.5 Å². The Bertz CT molecular complexity index is 993. The van der Waals surface area contributed by atoms with Crippen molar-refractivity contribution in [3.05, 3.63) is 98.3 Å². The minimum atomic E-state index is -0.459. The highest BCUT2D eigenvalue weighted by Crippen LogP contribution is 2.23. The fourth-order valence-electron chi connectivity index (χ4n) is 2.33. The summed E-state index contributed by atoms with van der Waals surface area (Å²) in [6.07, 6.45) is 1.59. The molecule has 6 nitrogen and oxygen atoms in total. The number of nitrogens with zero attached hydrogens (tertiary/aromatic N) is 2. The lowest BCUT2D eigenvalue weighted by atomic mass is 10.2. The van der Waals surface area contributed by atoms with Crippen LogP contribution in [0.15, 0.2) is 76.3 Å². The summed E-state index contributed by atoms with van der Waals surface area (Å²) < 4.78 is 19.7. The molecule has 0 atom stereocenters. The number of hydrazone groups is 1. The van der Waals surface area contributed by atoms with E-state index in [1.807, 2.05) is 12.1 Å². The molecule has 0 fully saturated rings. The number of non-ortho nitro benzene ring substituents is 1. The fourth-order valence-corrected chi connectivity index (χ4v) is 2.71. The number of nitro benzene ring substituents is 1. The molecule has 0 saturated carbocycles. The summed E-state index contributed by atoms with van der Waals surface area (Å²) in [5.74, 6) is 0.319. The summed E-state index contributed by atoms with van der Waals surface area (Å²) in [5.41, 5.74) is 5.02. The maximum Gasteiger partial charge on any atom is 0.269 e. The Labute approximate surface area is 168 Å². The molecule has 3 aromatic carbocycles. The molecule has 0 aliphatic heterocycles. The molecule has 0 saturated heterocycles. The maximum absolute atomic E-state index is 13.0. The molecule has 0 spiro atoms. The Morgan fingerprint density at radius 3 is 2.50 bits per heavy atom. The lowest BCUT2D eigenvalue weighted by Gasteiger charge is -2.10. The third kappa shape index (κ3) is 5.37. The molecular weight excluding hydrogens is 429 g/mol. The molecule has 0 amide bonds. The minimum absolute atomic E-state index is 0.0120. The van der Waals surface area contributed by atoms with Gasteiger partial charge in [0.05, 0.1) is 16.8 Å². The number of rotatable bonds is 7. The third-order valence-corrected chi connectivity index (χ3v) is 4.25. The molecule has 0 bridgehead atoms. The van der Waals surface area contributed by atoms with Crippen molar-refractivity contribution in [2.75, 3.05) is 5.43 Å². The summed E-state index contributed by atoms with van der Waals surface area (Å²) in [5, 5.41) is 14.8. The van der Waals surface area contributed by atoms with Gasteiger partial charge < -0.3 is 4.74 Å².